The summed E-state index contributed by atoms with van der Waals surface area (Å²) in [5.74, 6) is 0. The number of anilines is 1. The van der Waals surface area contributed by atoms with E-state index in [0.717, 1.165) is 49.4 Å². The molecule has 0 saturated carbocycles. The molecule has 0 amide bonds. The fourth-order valence-corrected chi connectivity index (χ4v) is 2.00. The van der Waals surface area contributed by atoms with Gasteiger partial charge in [-0.25, -0.2) is 0 Å². The van der Waals surface area contributed by atoms with Crippen molar-refractivity contribution in [2.75, 3.05) is 44.4 Å². The highest BCUT2D eigenvalue weighted by atomic mass is 16.5. The summed E-state index contributed by atoms with van der Waals surface area (Å²) in [5, 5.41) is 0. The summed E-state index contributed by atoms with van der Waals surface area (Å²) in [7, 11) is 0. The quantitative estimate of drug-likeness (QED) is 0.487. The summed E-state index contributed by atoms with van der Waals surface area (Å²) in [4.78, 5) is 13.1. The van der Waals surface area contributed by atoms with Gasteiger partial charge in [-0.3, -0.25) is 4.79 Å². The van der Waals surface area contributed by atoms with E-state index in [1.165, 1.54) is 0 Å². The summed E-state index contributed by atoms with van der Waals surface area (Å²) < 4.78 is 10.9. The van der Waals surface area contributed by atoms with Gasteiger partial charge in [0.25, 0.3) is 0 Å². The van der Waals surface area contributed by atoms with Crippen molar-refractivity contribution >= 4 is 12.0 Å². The van der Waals surface area contributed by atoms with E-state index in [2.05, 4.69) is 4.90 Å². The van der Waals surface area contributed by atoms with Crippen molar-refractivity contribution in [2.45, 2.75) is 20.8 Å². The van der Waals surface area contributed by atoms with Crippen molar-refractivity contribution in [2.24, 2.45) is 0 Å². The van der Waals surface area contributed by atoms with E-state index >= 15 is 0 Å². The Balaban J connectivity index is 2.73. The lowest BCUT2D eigenvalue weighted by Gasteiger charge is -2.25. The molecule has 1 rings (SSSR count). The highest BCUT2D eigenvalue weighted by Gasteiger charge is 2.08. The van der Waals surface area contributed by atoms with Crippen molar-refractivity contribution in [3.05, 3.63) is 29.3 Å². The summed E-state index contributed by atoms with van der Waals surface area (Å²) in [6, 6.07) is 5.89. The van der Waals surface area contributed by atoms with Gasteiger partial charge in [0.15, 0.2) is 0 Å². The first kappa shape index (κ1) is 16.7. The monoisotopic (exact) mass is 279 g/mol. The lowest BCUT2D eigenvalue weighted by atomic mass is 10.1. The average Bonchev–Trinajstić information content (AvgIpc) is 2.46. The van der Waals surface area contributed by atoms with Crippen LogP contribution in [0, 0.1) is 6.92 Å². The van der Waals surface area contributed by atoms with Crippen molar-refractivity contribution in [1.82, 2.24) is 0 Å². The van der Waals surface area contributed by atoms with Crippen LogP contribution >= 0.6 is 0 Å². The van der Waals surface area contributed by atoms with Crippen LogP contribution in [-0.4, -0.2) is 45.8 Å². The van der Waals surface area contributed by atoms with E-state index in [0.29, 0.717) is 13.2 Å². The van der Waals surface area contributed by atoms with Crippen LogP contribution in [-0.2, 0) is 9.47 Å². The van der Waals surface area contributed by atoms with Gasteiger partial charge in [0, 0.05) is 37.6 Å². The Morgan fingerprint density at radius 3 is 2.15 bits per heavy atom. The van der Waals surface area contributed by atoms with Gasteiger partial charge in [-0.15, -0.1) is 0 Å². The largest absolute Gasteiger partial charge is 0.380 e. The van der Waals surface area contributed by atoms with Crippen LogP contribution in [0.15, 0.2) is 18.2 Å². The SMILES string of the molecule is CCOCCN(CCOCC)c1ccc(C=O)c(C)c1. The van der Waals surface area contributed by atoms with E-state index in [4.69, 9.17) is 9.47 Å². The number of hydrogen-bond acceptors (Lipinski definition) is 4. The number of carbonyl (C=O) groups excluding carboxylic acids is 1. The summed E-state index contributed by atoms with van der Waals surface area (Å²) >= 11 is 0. The zero-order chi connectivity index (χ0) is 14.8. The zero-order valence-electron chi connectivity index (χ0n) is 12.7. The number of hydrogen-bond donors (Lipinski definition) is 0. The van der Waals surface area contributed by atoms with Gasteiger partial charge in [0.05, 0.1) is 13.2 Å². The fourth-order valence-electron chi connectivity index (χ4n) is 2.00. The minimum absolute atomic E-state index is 0.692. The van der Waals surface area contributed by atoms with E-state index in [-0.39, 0.29) is 0 Å². The third-order valence-electron chi connectivity index (χ3n) is 3.16. The second kappa shape index (κ2) is 9.50. The molecule has 0 aromatic heterocycles. The molecule has 0 aliphatic carbocycles. The highest BCUT2D eigenvalue weighted by Crippen LogP contribution is 2.18. The molecule has 4 nitrogen and oxygen atoms in total. The minimum atomic E-state index is 0.692. The van der Waals surface area contributed by atoms with Crippen LogP contribution in [0.4, 0.5) is 5.69 Å². The zero-order valence-corrected chi connectivity index (χ0v) is 12.7. The van der Waals surface area contributed by atoms with Gasteiger partial charge >= 0.3 is 0 Å². The topological polar surface area (TPSA) is 38.8 Å². The van der Waals surface area contributed by atoms with Crippen LogP contribution in [0.5, 0.6) is 0 Å². The smallest absolute Gasteiger partial charge is 0.150 e. The number of aldehydes is 1. The molecule has 4 heteroatoms. The molecule has 1 aromatic rings. The Hall–Kier alpha value is -1.39. The van der Waals surface area contributed by atoms with Gasteiger partial charge in [0.2, 0.25) is 0 Å². The molecule has 0 spiro atoms. The number of aryl methyl sites for hydroxylation is 1. The maximum Gasteiger partial charge on any atom is 0.150 e. The number of benzene rings is 1. The number of rotatable bonds is 10. The number of ether oxygens (including phenoxy) is 2. The van der Waals surface area contributed by atoms with Gasteiger partial charge in [-0.05, 0) is 44.5 Å². The summed E-state index contributed by atoms with van der Waals surface area (Å²) in [6.07, 6.45) is 0.893. The van der Waals surface area contributed by atoms with E-state index in [1.54, 1.807) is 0 Å². The molecule has 0 unspecified atom stereocenters. The van der Waals surface area contributed by atoms with Gasteiger partial charge in [0.1, 0.15) is 6.29 Å². The molecule has 0 heterocycles. The van der Waals surface area contributed by atoms with Crippen LogP contribution in [0.3, 0.4) is 0 Å². The predicted octanol–water partition coefficient (Wildman–Crippen LogP) is 2.69. The van der Waals surface area contributed by atoms with E-state index < -0.39 is 0 Å². The molecular formula is C16H25NO3. The molecular weight excluding hydrogens is 254 g/mol. The first-order valence-electron chi connectivity index (χ1n) is 7.19. The van der Waals surface area contributed by atoms with Crippen LogP contribution < -0.4 is 4.90 Å². The average molecular weight is 279 g/mol. The Morgan fingerprint density at radius 2 is 1.70 bits per heavy atom. The van der Waals surface area contributed by atoms with Crippen LogP contribution in [0.25, 0.3) is 0 Å². The molecule has 0 bridgehead atoms. The molecule has 0 radical (unpaired) electrons. The van der Waals surface area contributed by atoms with E-state index in [9.17, 15) is 4.79 Å². The van der Waals surface area contributed by atoms with Gasteiger partial charge in [-0.1, -0.05) is 0 Å². The summed E-state index contributed by atoms with van der Waals surface area (Å²) in [5.41, 5.74) is 2.84. The minimum Gasteiger partial charge on any atom is -0.380 e. The third kappa shape index (κ3) is 5.31. The number of nitrogens with zero attached hydrogens (tertiary/aromatic N) is 1. The molecule has 0 N–H and O–H groups in total. The van der Waals surface area contributed by atoms with Crippen molar-refractivity contribution in [3.63, 3.8) is 0 Å². The Morgan fingerprint density at radius 1 is 1.10 bits per heavy atom. The molecule has 112 valence electrons. The standard InChI is InChI=1S/C16H25NO3/c1-4-19-10-8-17(9-11-20-5-2)16-7-6-15(13-18)14(3)12-16/h6-7,12-13H,4-5,8-11H2,1-3H3. The van der Waals surface area contributed by atoms with Crippen molar-refractivity contribution < 1.29 is 14.3 Å². The molecule has 0 aliphatic rings. The van der Waals surface area contributed by atoms with Gasteiger partial charge in [-0.2, -0.15) is 0 Å². The number of carbonyl (C=O) groups is 1. The molecule has 0 saturated heterocycles. The maximum absolute atomic E-state index is 10.9. The van der Waals surface area contributed by atoms with Crippen molar-refractivity contribution in [1.29, 1.82) is 0 Å². The second-order valence-corrected chi connectivity index (χ2v) is 4.54. The van der Waals surface area contributed by atoms with E-state index in [1.807, 2.05) is 39.0 Å². The van der Waals surface area contributed by atoms with Crippen molar-refractivity contribution in [3.8, 4) is 0 Å². The third-order valence-corrected chi connectivity index (χ3v) is 3.16. The normalized spacial score (nSPS) is 10.6. The second-order valence-electron chi connectivity index (χ2n) is 4.54. The molecule has 0 fully saturated rings. The van der Waals surface area contributed by atoms with Crippen LogP contribution in [0.2, 0.25) is 0 Å². The lowest BCUT2D eigenvalue weighted by molar-refractivity contribution is 0.112. The fraction of sp³-hybridized carbons (Fsp3) is 0.562. The molecule has 20 heavy (non-hydrogen) atoms. The Labute approximate surface area is 121 Å². The Kier molecular flexibility index (Phi) is 7.92. The Bertz CT molecular complexity index is 397. The van der Waals surface area contributed by atoms with Gasteiger partial charge < -0.3 is 14.4 Å². The van der Waals surface area contributed by atoms with Crippen LogP contribution in [0.1, 0.15) is 29.8 Å². The molecule has 1 aromatic carbocycles. The lowest BCUT2D eigenvalue weighted by Crippen LogP contribution is -2.31. The highest BCUT2D eigenvalue weighted by molar-refractivity contribution is 5.78. The maximum atomic E-state index is 10.9. The first-order chi connectivity index (χ1) is 9.72. The summed E-state index contributed by atoms with van der Waals surface area (Å²) in [6.45, 7) is 10.4. The molecule has 0 aliphatic heterocycles. The predicted molar refractivity (Wildman–Crippen MR) is 81.8 cm³/mol. The molecule has 0 atom stereocenters. The first-order valence-corrected chi connectivity index (χ1v) is 7.19.